The zero-order valence-corrected chi connectivity index (χ0v) is 36.6. The lowest BCUT2D eigenvalue weighted by Crippen LogP contribution is -2.53. The summed E-state index contributed by atoms with van der Waals surface area (Å²) in [6, 6.07) is 17.3. The van der Waals surface area contributed by atoms with E-state index in [4.69, 9.17) is 23.7 Å². The van der Waals surface area contributed by atoms with Crippen LogP contribution in [-0.4, -0.2) is 151 Å². The van der Waals surface area contributed by atoms with Gasteiger partial charge in [-0.25, -0.2) is 9.59 Å². The van der Waals surface area contributed by atoms with Gasteiger partial charge in [-0.3, -0.25) is 34.0 Å². The molecule has 0 aliphatic carbocycles. The van der Waals surface area contributed by atoms with Gasteiger partial charge in [-0.2, -0.15) is 0 Å². The van der Waals surface area contributed by atoms with E-state index < -0.39 is 46.8 Å². The second kappa shape index (κ2) is 23.3. The zero-order chi connectivity index (χ0) is 43.6. The summed E-state index contributed by atoms with van der Waals surface area (Å²) in [7, 11) is 0. The molecule has 59 heavy (non-hydrogen) atoms. The molecule has 1 N–H and O–H groups in total. The Morgan fingerprint density at radius 2 is 0.831 bits per heavy atom. The van der Waals surface area contributed by atoms with Gasteiger partial charge in [-0.15, -0.1) is 0 Å². The van der Waals surface area contributed by atoms with Gasteiger partial charge < -0.3 is 29.0 Å². The average molecular weight is 826 g/mol. The van der Waals surface area contributed by atoms with Crippen LogP contribution in [0.25, 0.3) is 0 Å². The summed E-state index contributed by atoms with van der Waals surface area (Å²) in [6.45, 7) is 19.4. The van der Waals surface area contributed by atoms with E-state index in [1.807, 2.05) is 143 Å². The number of nitrogens with one attached hydrogen (secondary N) is 1. The minimum atomic E-state index is -1.13. The third-order valence-corrected chi connectivity index (χ3v) is 8.70. The summed E-state index contributed by atoms with van der Waals surface area (Å²) in [5.74, 6) is -1.83. The molecule has 15 nitrogen and oxygen atoms in total. The molecule has 2 aromatic rings. The largest absolute Gasteiger partial charge is 0.459 e. The SMILES string of the molecule is CC(C)(C)OC(=O)CN1CCN(CC(=O)OC(C)(C)C)CCN(C[C@H](NC(=O)OCc2ccccc2)C(=O)OCc2ccccc2)CCN(CC(=O)OC(C)(C)C)CC1. The minimum Gasteiger partial charge on any atom is -0.459 e. The van der Waals surface area contributed by atoms with E-state index in [0.29, 0.717) is 52.4 Å². The zero-order valence-electron chi connectivity index (χ0n) is 36.6. The maximum Gasteiger partial charge on any atom is 0.408 e. The van der Waals surface area contributed by atoms with Crippen LogP contribution in [0.4, 0.5) is 4.79 Å². The van der Waals surface area contributed by atoms with Crippen LogP contribution in [0.5, 0.6) is 0 Å². The van der Waals surface area contributed by atoms with Crippen molar-refractivity contribution in [3.8, 4) is 0 Å². The van der Waals surface area contributed by atoms with Crippen molar-refractivity contribution in [1.29, 1.82) is 0 Å². The number of esters is 4. The number of amides is 1. The van der Waals surface area contributed by atoms with E-state index in [1.54, 1.807) is 0 Å². The van der Waals surface area contributed by atoms with Crippen LogP contribution in [0.3, 0.4) is 0 Å². The van der Waals surface area contributed by atoms with Crippen molar-refractivity contribution >= 4 is 30.0 Å². The van der Waals surface area contributed by atoms with Gasteiger partial charge in [0, 0.05) is 58.9 Å². The molecule has 1 amide bonds. The number of benzene rings is 2. The van der Waals surface area contributed by atoms with Gasteiger partial charge in [-0.1, -0.05) is 60.7 Å². The molecule has 0 radical (unpaired) electrons. The van der Waals surface area contributed by atoms with Crippen LogP contribution in [-0.2, 0) is 56.1 Å². The van der Waals surface area contributed by atoms with E-state index in [1.165, 1.54) is 0 Å². The number of ether oxygens (including phenoxy) is 5. The summed E-state index contributed by atoms with van der Waals surface area (Å²) in [5.41, 5.74) is -0.478. The van der Waals surface area contributed by atoms with E-state index in [0.717, 1.165) is 11.1 Å². The van der Waals surface area contributed by atoms with Crippen molar-refractivity contribution in [3.05, 3.63) is 71.8 Å². The van der Waals surface area contributed by atoms with Crippen LogP contribution < -0.4 is 5.32 Å². The highest BCUT2D eigenvalue weighted by atomic mass is 16.6. The van der Waals surface area contributed by atoms with Gasteiger partial charge in [-0.05, 0) is 73.4 Å². The predicted molar refractivity (Wildman–Crippen MR) is 223 cm³/mol. The highest BCUT2D eigenvalue weighted by Crippen LogP contribution is 2.13. The predicted octanol–water partition coefficient (Wildman–Crippen LogP) is 4.27. The molecule has 1 atom stereocenters. The fraction of sp³-hybridized carbons (Fsp3) is 0.614. The van der Waals surface area contributed by atoms with Crippen molar-refractivity contribution in [2.24, 2.45) is 0 Å². The minimum absolute atomic E-state index is 0.00401. The monoisotopic (exact) mass is 825 g/mol. The highest BCUT2D eigenvalue weighted by Gasteiger charge is 2.29. The molecule has 1 fully saturated rings. The van der Waals surface area contributed by atoms with E-state index in [-0.39, 0.29) is 45.4 Å². The van der Waals surface area contributed by atoms with Crippen molar-refractivity contribution in [2.45, 2.75) is 98.4 Å². The van der Waals surface area contributed by atoms with Gasteiger partial charge in [0.1, 0.15) is 36.1 Å². The molecule has 0 unspecified atom stereocenters. The number of carbonyl (C=O) groups is 5. The topological polar surface area (TPSA) is 156 Å². The Balaban J connectivity index is 1.91. The molecule has 3 rings (SSSR count). The average Bonchev–Trinajstić information content (AvgIpc) is 3.12. The van der Waals surface area contributed by atoms with Gasteiger partial charge in [0.25, 0.3) is 0 Å². The fourth-order valence-corrected chi connectivity index (χ4v) is 6.08. The van der Waals surface area contributed by atoms with Gasteiger partial charge in [0.2, 0.25) is 0 Å². The van der Waals surface area contributed by atoms with Crippen LogP contribution in [0.15, 0.2) is 60.7 Å². The van der Waals surface area contributed by atoms with Gasteiger partial charge in [0.15, 0.2) is 0 Å². The van der Waals surface area contributed by atoms with Crippen molar-refractivity contribution in [1.82, 2.24) is 24.9 Å². The lowest BCUT2D eigenvalue weighted by Gasteiger charge is -2.35. The van der Waals surface area contributed by atoms with E-state index in [2.05, 4.69) is 5.32 Å². The third-order valence-electron chi connectivity index (χ3n) is 8.70. The second-order valence-electron chi connectivity index (χ2n) is 17.7. The van der Waals surface area contributed by atoms with Crippen LogP contribution in [0.2, 0.25) is 0 Å². The Hall–Kier alpha value is -4.57. The Kier molecular flexibility index (Phi) is 19.3. The van der Waals surface area contributed by atoms with Gasteiger partial charge >= 0.3 is 30.0 Å². The molecule has 2 aromatic carbocycles. The normalized spacial score (nSPS) is 16.4. The molecule has 328 valence electrons. The maximum atomic E-state index is 13.8. The van der Waals surface area contributed by atoms with E-state index in [9.17, 15) is 24.0 Å². The van der Waals surface area contributed by atoms with Crippen molar-refractivity contribution in [2.75, 3.05) is 78.5 Å². The summed E-state index contributed by atoms with van der Waals surface area (Å²) in [6.07, 6.45) is -0.784. The summed E-state index contributed by atoms with van der Waals surface area (Å²) in [4.78, 5) is 74.1. The fourth-order valence-electron chi connectivity index (χ4n) is 6.08. The summed E-state index contributed by atoms with van der Waals surface area (Å²) in [5, 5.41) is 2.73. The molecule has 1 heterocycles. The first-order chi connectivity index (χ1) is 27.6. The first kappa shape index (κ1) is 48.8. The van der Waals surface area contributed by atoms with Crippen molar-refractivity contribution < 1.29 is 47.7 Å². The first-order valence-corrected chi connectivity index (χ1v) is 20.4. The highest BCUT2D eigenvalue weighted by molar-refractivity contribution is 5.81. The standard InChI is InChI=1S/C44H67N5O10/c1-42(2,3)57-37(50)29-47-22-20-46(21-23-48(30-38(51)58-43(4,5)6)25-27-49(26-24-47)31-39(52)59-44(7,8)9)28-36(40(53)55-32-34-16-12-10-13-17-34)45-41(54)56-33-35-18-14-11-15-19-35/h10-19,36H,20-33H2,1-9H3,(H,45,54)/t36-/m0/s1. The Morgan fingerprint density at radius 1 is 0.508 bits per heavy atom. The Bertz CT molecular complexity index is 1580. The van der Waals surface area contributed by atoms with Gasteiger partial charge in [0.05, 0.1) is 19.6 Å². The molecular weight excluding hydrogens is 759 g/mol. The molecule has 0 aromatic heterocycles. The number of hydrogen-bond donors (Lipinski definition) is 1. The number of carbonyl (C=O) groups excluding carboxylic acids is 5. The third kappa shape index (κ3) is 21.8. The number of hydrogen-bond acceptors (Lipinski definition) is 14. The molecule has 15 heteroatoms. The number of rotatable bonds is 14. The molecular formula is C44H67N5O10. The van der Waals surface area contributed by atoms with Crippen LogP contribution >= 0.6 is 0 Å². The van der Waals surface area contributed by atoms with Crippen LogP contribution in [0.1, 0.15) is 73.4 Å². The molecule has 0 spiro atoms. The lowest BCUT2D eigenvalue weighted by atomic mass is 10.2. The smallest absolute Gasteiger partial charge is 0.408 e. The molecule has 0 bridgehead atoms. The quantitative estimate of drug-likeness (QED) is 0.213. The van der Waals surface area contributed by atoms with Crippen LogP contribution in [0, 0.1) is 0 Å². The molecule has 0 saturated carbocycles. The summed E-state index contributed by atoms with van der Waals surface area (Å²) >= 11 is 0. The Labute approximate surface area is 350 Å². The van der Waals surface area contributed by atoms with E-state index >= 15 is 0 Å². The molecule has 1 aliphatic rings. The van der Waals surface area contributed by atoms with Crippen molar-refractivity contribution in [3.63, 3.8) is 0 Å². The number of nitrogens with zero attached hydrogens (tertiary/aromatic N) is 4. The molecule has 1 aliphatic heterocycles. The maximum absolute atomic E-state index is 13.8. The molecule has 1 saturated heterocycles. The summed E-state index contributed by atoms with van der Waals surface area (Å²) < 4.78 is 28.2. The second-order valence-corrected chi connectivity index (χ2v) is 17.7. The first-order valence-electron chi connectivity index (χ1n) is 20.4. The number of alkyl carbamates (subject to hydrolysis) is 1. The lowest BCUT2D eigenvalue weighted by molar-refractivity contribution is -0.158. The Morgan fingerprint density at radius 3 is 1.17 bits per heavy atom.